The number of pyridine rings is 1. The number of rotatable bonds is 4. The highest BCUT2D eigenvalue weighted by Crippen LogP contribution is 2.17. The molecule has 1 aromatic carbocycles. The second-order valence-electron chi connectivity index (χ2n) is 5.17. The zero-order chi connectivity index (χ0) is 16.8. The first kappa shape index (κ1) is 16.2. The second kappa shape index (κ2) is 7.23. The van der Waals surface area contributed by atoms with Crippen LogP contribution in [0, 0.1) is 18.3 Å². The molecule has 1 atom stereocenters. The largest absolute Gasteiger partial charge is 0.579 e. The van der Waals surface area contributed by atoms with E-state index in [1.54, 1.807) is 12.1 Å². The molecule has 5 nitrogen and oxygen atoms in total. The fraction of sp³-hybridized carbons (Fsp3) is 0.167. The van der Waals surface area contributed by atoms with Crippen molar-refractivity contribution >= 4 is 12.0 Å². The van der Waals surface area contributed by atoms with E-state index in [0.29, 0.717) is 5.69 Å². The first-order chi connectivity index (χ1) is 11.0. The topological polar surface area (TPSA) is 88.7 Å². The molecule has 0 fully saturated rings. The van der Waals surface area contributed by atoms with Crippen molar-refractivity contribution < 1.29 is 9.90 Å². The van der Waals surface area contributed by atoms with E-state index in [4.69, 9.17) is 5.11 Å². The van der Waals surface area contributed by atoms with E-state index in [0.717, 1.165) is 11.1 Å². The maximum atomic E-state index is 12.3. The number of hydrogen-bond donors (Lipinski definition) is 1. The quantitative estimate of drug-likeness (QED) is 0.535. The van der Waals surface area contributed by atoms with Gasteiger partial charge in [0.1, 0.15) is 11.6 Å². The molecular formula is C18H18N3O2+. The van der Waals surface area contributed by atoms with Crippen molar-refractivity contribution in [3.63, 3.8) is 0 Å². The lowest BCUT2D eigenvalue weighted by Gasteiger charge is -2.16. The fourth-order valence-electron chi connectivity index (χ4n) is 2.25. The SMILES string of the molecule is Cc1ccccc1[C@H](C)NC(=O)/C(C#N)=C/c1cccc([OH2+])n1. The molecule has 116 valence electrons. The molecule has 5 heteroatoms. The summed E-state index contributed by atoms with van der Waals surface area (Å²) in [6.45, 7) is 3.85. The van der Waals surface area contributed by atoms with Gasteiger partial charge in [-0.25, -0.2) is 0 Å². The maximum absolute atomic E-state index is 12.3. The van der Waals surface area contributed by atoms with Crippen LogP contribution in [0.4, 0.5) is 0 Å². The van der Waals surface area contributed by atoms with Gasteiger partial charge in [-0.3, -0.25) is 4.79 Å². The Balaban J connectivity index is 2.18. The number of amides is 1. The summed E-state index contributed by atoms with van der Waals surface area (Å²) in [6, 6.07) is 14.3. The van der Waals surface area contributed by atoms with E-state index in [9.17, 15) is 10.1 Å². The minimum atomic E-state index is -0.458. The maximum Gasteiger partial charge on any atom is 0.357 e. The van der Waals surface area contributed by atoms with Crippen LogP contribution in [0.3, 0.4) is 0 Å². The van der Waals surface area contributed by atoms with Crippen LogP contribution >= 0.6 is 0 Å². The van der Waals surface area contributed by atoms with Gasteiger partial charge in [-0.05, 0) is 43.2 Å². The number of aryl methyl sites for hydroxylation is 1. The number of carbonyl (C=O) groups excluding carboxylic acids is 1. The first-order valence-electron chi connectivity index (χ1n) is 7.18. The van der Waals surface area contributed by atoms with Crippen LogP contribution in [0.5, 0.6) is 5.88 Å². The standard InChI is InChI=1S/C18H17N3O2/c1-12-6-3-4-8-16(12)13(2)20-18(23)14(11-19)10-15-7-5-9-17(22)21-15/h3-10,13H,1-2H3,(H,20,23)(H,21,22)/p+1/b14-10+/t13-/m0/s1. The Hall–Kier alpha value is -3.13. The van der Waals surface area contributed by atoms with Gasteiger partial charge in [-0.1, -0.05) is 24.3 Å². The molecule has 0 aliphatic rings. The van der Waals surface area contributed by atoms with E-state index in [1.807, 2.05) is 44.2 Å². The third-order valence-corrected chi connectivity index (χ3v) is 3.43. The molecule has 2 rings (SSSR count). The number of nitriles is 1. The molecule has 1 heterocycles. The molecule has 0 unspecified atom stereocenters. The van der Waals surface area contributed by atoms with E-state index >= 15 is 0 Å². The number of benzene rings is 1. The van der Waals surface area contributed by atoms with Crippen LogP contribution in [0.25, 0.3) is 6.08 Å². The molecule has 0 saturated heterocycles. The lowest BCUT2D eigenvalue weighted by atomic mass is 10.0. The van der Waals surface area contributed by atoms with E-state index in [2.05, 4.69) is 10.3 Å². The molecular weight excluding hydrogens is 290 g/mol. The lowest BCUT2D eigenvalue weighted by Crippen LogP contribution is -2.28. The number of aromatic nitrogens is 1. The van der Waals surface area contributed by atoms with Gasteiger partial charge in [0.25, 0.3) is 5.91 Å². The van der Waals surface area contributed by atoms with Gasteiger partial charge < -0.3 is 10.4 Å². The van der Waals surface area contributed by atoms with Crippen molar-refractivity contribution in [1.82, 2.24) is 10.3 Å². The summed E-state index contributed by atoms with van der Waals surface area (Å²) >= 11 is 0. The predicted octanol–water partition coefficient (Wildman–Crippen LogP) is 2.61. The molecule has 0 bridgehead atoms. The van der Waals surface area contributed by atoms with Crippen LogP contribution in [0.15, 0.2) is 48.0 Å². The van der Waals surface area contributed by atoms with Crippen molar-refractivity contribution in [2.75, 3.05) is 0 Å². The molecule has 0 aliphatic heterocycles. The highest BCUT2D eigenvalue weighted by atomic mass is 16.3. The summed E-state index contributed by atoms with van der Waals surface area (Å²) < 4.78 is 0. The van der Waals surface area contributed by atoms with Crippen LogP contribution in [0.1, 0.15) is 29.8 Å². The molecule has 2 aromatic rings. The van der Waals surface area contributed by atoms with Gasteiger partial charge in [0.2, 0.25) is 0 Å². The Morgan fingerprint density at radius 1 is 1.30 bits per heavy atom. The Morgan fingerprint density at radius 3 is 2.70 bits per heavy atom. The molecule has 3 N–H and O–H groups in total. The Bertz CT molecular complexity index is 791. The average Bonchev–Trinajstić information content (AvgIpc) is 2.52. The number of nitrogens with zero attached hydrogens (tertiary/aromatic N) is 2. The van der Waals surface area contributed by atoms with Crippen molar-refractivity contribution in [3.05, 3.63) is 64.9 Å². The monoisotopic (exact) mass is 308 g/mol. The minimum Gasteiger partial charge on any atom is -0.579 e. The van der Waals surface area contributed by atoms with Gasteiger partial charge in [0, 0.05) is 0 Å². The van der Waals surface area contributed by atoms with Gasteiger partial charge in [0.15, 0.2) is 0 Å². The number of carbonyl (C=O) groups is 1. The first-order valence-corrected chi connectivity index (χ1v) is 7.18. The summed E-state index contributed by atoms with van der Waals surface area (Å²) in [6.07, 6.45) is 1.39. The molecule has 23 heavy (non-hydrogen) atoms. The molecule has 0 aliphatic carbocycles. The smallest absolute Gasteiger partial charge is 0.357 e. The van der Waals surface area contributed by atoms with E-state index in [1.165, 1.54) is 12.1 Å². The normalized spacial score (nSPS) is 12.3. The van der Waals surface area contributed by atoms with Gasteiger partial charge in [0.05, 0.1) is 17.8 Å². The van der Waals surface area contributed by atoms with E-state index in [-0.39, 0.29) is 17.5 Å². The third-order valence-electron chi connectivity index (χ3n) is 3.43. The van der Waals surface area contributed by atoms with Crippen LogP contribution < -0.4 is 5.32 Å². The predicted molar refractivity (Wildman–Crippen MR) is 88.6 cm³/mol. The Kier molecular flexibility index (Phi) is 5.11. The highest BCUT2D eigenvalue weighted by molar-refractivity contribution is 6.01. The third kappa shape index (κ3) is 4.17. The Morgan fingerprint density at radius 2 is 2.04 bits per heavy atom. The van der Waals surface area contributed by atoms with Crippen molar-refractivity contribution in [2.45, 2.75) is 19.9 Å². The summed E-state index contributed by atoms with van der Waals surface area (Å²) in [7, 11) is 0. The summed E-state index contributed by atoms with van der Waals surface area (Å²) in [5.41, 5.74) is 2.45. The van der Waals surface area contributed by atoms with Crippen molar-refractivity contribution in [1.29, 1.82) is 5.26 Å². The summed E-state index contributed by atoms with van der Waals surface area (Å²) in [5.74, 6) is -0.370. The average molecular weight is 308 g/mol. The fourth-order valence-corrected chi connectivity index (χ4v) is 2.25. The molecule has 1 aromatic heterocycles. The Labute approximate surface area is 134 Å². The highest BCUT2D eigenvalue weighted by Gasteiger charge is 2.15. The second-order valence-corrected chi connectivity index (χ2v) is 5.17. The zero-order valence-electron chi connectivity index (χ0n) is 13.0. The van der Waals surface area contributed by atoms with Gasteiger partial charge in [-0.2, -0.15) is 10.2 Å². The van der Waals surface area contributed by atoms with Crippen molar-refractivity contribution in [3.8, 4) is 11.9 Å². The minimum absolute atomic E-state index is 0.0384. The number of hydrogen-bond acceptors (Lipinski definition) is 3. The molecule has 0 radical (unpaired) electrons. The van der Waals surface area contributed by atoms with Crippen LogP contribution in [-0.2, 0) is 4.79 Å². The molecule has 0 spiro atoms. The number of nitrogens with one attached hydrogen (secondary N) is 1. The van der Waals surface area contributed by atoms with Gasteiger partial charge >= 0.3 is 5.88 Å². The van der Waals surface area contributed by atoms with Gasteiger partial charge in [-0.15, -0.1) is 0 Å². The van der Waals surface area contributed by atoms with Crippen LogP contribution in [-0.4, -0.2) is 16.0 Å². The zero-order valence-corrected chi connectivity index (χ0v) is 13.0. The van der Waals surface area contributed by atoms with Crippen molar-refractivity contribution in [2.24, 2.45) is 0 Å². The summed E-state index contributed by atoms with van der Waals surface area (Å²) in [5, 5.41) is 19.5. The summed E-state index contributed by atoms with van der Waals surface area (Å²) in [4.78, 5) is 16.2. The lowest BCUT2D eigenvalue weighted by molar-refractivity contribution is -0.117. The van der Waals surface area contributed by atoms with E-state index < -0.39 is 5.91 Å². The molecule has 0 saturated carbocycles. The molecule has 1 amide bonds. The van der Waals surface area contributed by atoms with Crippen LogP contribution in [0.2, 0.25) is 0 Å².